The molecule has 198 valence electrons. The zero-order valence-electron chi connectivity index (χ0n) is 19.8. The fraction of sp³-hybridized carbons (Fsp3) is 0.545. The van der Waals surface area contributed by atoms with Gasteiger partial charge in [0.05, 0.1) is 6.61 Å². The first-order valence-corrected chi connectivity index (χ1v) is 11.4. The third kappa shape index (κ3) is 8.26. The topological polar surface area (TPSA) is 116 Å². The van der Waals surface area contributed by atoms with Gasteiger partial charge in [-0.15, -0.1) is 18.3 Å². The van der Waals surface area contributed by atoms with Gasteiger partial charge in [0.2, 0.25) is 5.89 Å². The number of benzene rings is 1. The predicted molar refractivity (Wildman–Crippen MR) is 119 cm³/mol. The molecule has 1 aromatic carbocycles. The van der Waals surface area contributed by atoms with Crippen LogP contribution in [-0.4, -0.2) is 64.9 Å². The second-order valence-corrected chi connectivity index (χ2v) is 9.39. The largest absolute Gasteiger partial charge is 0.522 e. The first kappa shape index (κ1) is 27.5. The molecule has 0 bridgehead atoms. The molecule has 0 spiro atoms. The lowest BCUT2D eigenvalue weighted by atomic mass is 9.98. The van der Waals surface area contributed by atoms with E-state index in [1.165, 1.54) is 4.90 Å². The van der Waals surface area contributed by atoms with Crippen LogP contribution in [0.2, 0.25) is 5.02 Å². The van der Waals surface area contributed by atoms with Gasteiger partial charge < -0.3 is 19.2 Å². The lowest BCUT2D eigenvalue weighted by molar-refractivity contribution is -0.325. The highest BCUT2D eigenvalue weighted by molar-refractivity contribution is 6.30. The third-order valence-corrected chi connectivity index (χ3v) is 5.19. The first-order valence-electron chi connectivity index (χ1n) is 11.0. The van der Waals surface area contributed by atoms with E-state index in [-0.39, 0.29) is 24.4 Å². The molecule has 2 atom stereocenters. The normalized spacial score (nSPS) is 18.6. The van der Waals surface area contributed by atoms with Gasteiger partial charge in [-0.2, -0.15) is 0 Å². The fourth-order valence-electron chi connectivity index (χ4n) is 3.44. The summed E-state index contributed by atoms with van der Waals surface area (Å²) in [6, 6.07) is 5.30. The van der Waals surface area contributed by atoms with Gasteiger partial charge in [0.25, 0.3) is 5.91 Å². The van der Waals surface area contributed by atoms with Crippen LogP contribution >= 0.6 is 11.6 Å². The minimum Gasteiger partial charge on any atom is -0.447 e. The van der Waals surface area contributed by atoms with Gasteiger partial charge in [0.15, 0.2) is 0 Å². The number of likely N-dealkylation sites (tertiary alicyclic amines) is 1. The Balaban J connectivity index is 1.68. The lowest BCUT2D eigenvalue weighted by Gasteiger charge is -2.38. The van der Waals surface area contributed by atoms with Crippen LogP contribution in [0.4, 0.5) is 18.0 Å². The van der Waals surface area contributed by atoms with Gasteiger partial charge >= 0.3 is 18.5 Å². The Hall–Kier alpha value is -3.06. The average molecular weight is 535 g/mol. The molecule has 14 heteroatoms. The van der Waals surface area contributed by atoms with Crippen molar-refractivity contribution in [3.8, 4) is 6.08 Å². The second kappa shape index (κ2) is 11.3. The molecule has 1 aliphatic heterocycles. The summed E-state index contributed by atoms with van der Waals surface area (Å²) in [5, 5.41) is 11.0. The average Bonchev–Trinajstić information content (AvgIpc) is 3.24. The van der Waals surface area contributed by atoms with E-state index in [1.54, 1.807) is 45.0 Å². The van der Waals surface area contributed by atoms with Gasteiger partial charge in [-0.1, -0.05) is 16.7 Å². The van der Waals surface area contributed by atoms with Crippen molar-refractivity contribution in [1.82, 2.24) is 20.4 Å². The van der Waals surface area contributed by atoms with Gasteiger partial charge in [0.1, 0.15) is 18.2 Å². The maximum absolute atomic E-state index is 13.0. The van der Waals surface area contributed by atoms with Crippen molar-refractivity contribution in [2.24, 2.45) is 0 Å². The molecule has 0 radical (unpaired) electrons. The van der Waals surface area contributed by atoms with Crippen molar-refractivity contribution in [3.63, 3.8) is 0 Å². The molecule has 0 unspecified atom stereocenters. The minimum atomic E-state index is -4.78. The van der Waals surface area contributed by atoms with Crippen LogP contribution in [0.15, 0.2) is 28.7 Å². The van der Waals surface area contributed by atoms with Crippen LogP contribution < -0.4 is 10.1 Å². The van der Waals surface area contributed by atoms with Crippen LogP contribution in [0.1, 0.15) is 55.9 Å². The summed E-state index contributed by atoms with van der Waals surface area (Å²) in [4.78, 5) is 27.0. The minimum absolute atomic E-state index is 0.0232. The molecule has 3 rings (SSSR count). The molecule has 1 aromatic heterocycles. The molecule has 2 heterocycles. The van der Waals surface area contributed by atoms with Crippen molar-refractivity contribution in [2.75, 3.05) is 19.8 Å². The van der Waals surface area contributed by atoms with E-state index in [4.69, 9.17) is 25.5 Å². The fourth-order valence-corrected chi connectivity index (χ4v) is 3.56. The van der Waals surface area contributed by atoms with E-state index < -0.39 is 43.4 Å². The summed E-state index contributed by atoms with van der Waals surface area (Å²) in [6.07, 6.45) is -4.99. The van der Waals surface area contributed by atoms with Crippen molar-refractivity contribution in [3.05, 3.63) is 40.7 Å². The van der Waals surface area contributed by atoms with E-state index >= 15 is 0 Å². The Bertz CT molecular complexity index is 1040. The third-order valence-electron chi connectivity index (χ3n) is 4.93. The Kier molecular flexibility index (Phi) is 8.67. The van der Waals surface area contributed by atoms with Crippen molar-refractivity contribution < 1.29 is 41.4 Å². The molecule has 2 amide bonds. The van der Waals surface area contributed by atoms with E-state index in [9.17, 15) is 22.8 Å². The SMILES string of the molecule is CC(C)(C)OC(=O)N1C[C@@H](NC(=O)c2ccc(Cl)cc2)CC[C@@H]1c1nnc(OCCOC(F)(F)F)o1. The molecule has 1 N–H and O–H groups in total. The first-order chi connectivity index (χ1) is 16.8. The smallest absolute Gasteiger partial charge is 0.447 e. The molecule has 0 aliphatic carbocycles. The second-order valence-electron chi connectivity index (χ2n) is 8.95. The Morgan fingerprint density at radius 3 is 2.47 bits per heavy atom. The number of halogens is 4. The standard InChI is InChI=1S/C22H26ClF3N4O6/c1-21(2,3)36-20(32)30-12-15(27-17(31)13-4-6-14(23)7-5-13)8-9-16(30)18-28-29-19(35-18)33-10-11-34-22(24,25)26/h4-7,15-16H,8-12H2,1-3H3,(H,27,31)/t15-,16+/m0/s1. The maximum Gasteiger partial charge on any atom is 0.522 e. The van der Waals surface area contributed by atoms with Crippen molar-refractivity contribution in [1.29, 1.82) is 0 Å². The quantitative estimate of drug-likeness (QED) is 0.516. The lowest BCUT2D eigenvalue weighted by Crippen LogP contribution is -2.52. The molecular formula is C22H26ClF3N4O6. The number of aromatic nitrogens is 2. The van der Waals surface area contributed by atoms with Gasteiger partial charge in [-0.25, -0.2) is 4.79 Å². The summed E-state index contributed by atoms with van der Waals surface area (Å²) >= 11 is 5.87. The van der Waals surface area contributed by atoms with E-state index in [1.807, 2.05) is 0 Å². The van der Waals surface area contributed by atoms with Crippen LogP contribution in [0.25, 0.3) is 0 Å². The highest BCUT2D eigenvalue weighted by Gasteiger charge is 2.39. The van der Waals surface area contributed by atoms with Crippen LogP contribution in [-0.2, 0) is 9.47 Å². The Labute approximate surface area is 210 Å². The van der Waals surface area contributed by atoms with E-state index in [0.29, 0.717) is 23.4 Å². The number of hydrogen-bond donors (Lipinski definition) is 1. The van der Waals surface area contributed by atoms with Gasteiger partial charge in [-0.3, -0.25) is 14.4 Å². The molecule has 2 aromatic rings. The number of alkyl halides is 3. The number of ether oxygens (including phenoxy) is 3. The molecule has 36 heavy (non-hydrogen) atoms. The van der Waals surface area contributed by atoms with Crippen LogP contribution in [0.5, 0.6) is 6.08 Å². The zero-order chi connectivity index (χ0) is 26.5. The number of nitrogens with zero attached hydrogens (tertiary/aromatic N) is 3. The van der Waals surface area contributed by atoms with Gasteiger partial charge in [0, 0.05) is 23.2 Å². The van der Waals surface area contributed by atoms with Crippen molar-refractivity contribution in [2.45, 2.75) is 57.7 Å². The van der Waals surface area contributed by atoms with E-state index in [0.717, 1.165) is 0 Å². The summed E-state index contributed by atoms with van der Waals surface area (Å²) in [7, 11) is 0. The summed E-state index contributed by atoms with van der Waals surface area (Å²) in [5.41, 5.74) is -0.374. The number of carbonyl (C=O) groups excluding carboxylic acids is 2. The maximum atomic E-state index is 13.0. The molecule has 0 saturated carbocycles. The van der Waals surface area contributed by atoms with Gasteiger partial charge in [-0.05, 0) is 57.9 Å². The molecule has 1 fully saturated rings. The number of nitrogens with one attached hydrogen (secondary N) is 1. The highest BCUT2D eigenvalue weighted by Crippen LogP contribution is 2.33. The summed E-state index contributed by atoms with van der Waals surface area (Å²) < 4.78 is 55.8. The summed E-state index contributed by atoms with van der Waals surface area (Å²) in [6.45, 7) is 4.00. The van der Waals surface area contributed by atoms with E-state index in [2.05, 4.69) is 20.3 Å². The number of piperidine rings is 1. The predicted octanol–water partition coefficient (Wildman–Crippen LogP) is 4.51. The highest BCUT2D eigenvalue weighted by atomic mass is 35.5. The number of carbonyl (C=O) groups is 2. The van der Waals surface area contributed by atoms with Crippen LogP contribution in [0.3, 0.4) is 0 Å². The Morgan fingerprint density at radius 2 is 1.83 bits per heavy atom. The zero-order valence-corrected chi connectivity index (χ0v) is 20.6. The number of hydrogen-bond acceptors (Lipinski definition) is 8. The molecule has 10 nitrogen and oxygen atoms in total. The number of amides is 2. The summed E-state index contributed by atoms with van der Waals surface area (Å²) in [5.74, 6) is -0.302. The number of rotatable bonds is 7. The monoisotopic (exact) mass is 534 g/mol. The Morgan fingerprint density at radius 1 is 1.14 bits per heavy atom. The molecular weight excluding hydrogens is 509 g/mol. The van der Waals surface area contributed by atoms with Crippen LogP contribution in [0, 0.1) is 0 Å². The van der Waals surface area contributed by atoms with Crippen molar-refractivity contribution >= 4 is 23.6 Å². The molecule has 1 saturated heterocycles. The molecule has 1 aliphatic rings.